The summed E-state index contributed by atoms with van der Waals surface area (Å²) in [6, 6.07) is 0. The zero-order chi connectivity index (χ0) is 12.5. The first kappa shape index (κ1) is 12.6. The maximum atomic E-state index is 12.4. The molecule has 0 bridgehead atoms. The number of nitrogens with zero attached hydrogens (tertiary/aromatic N) is 3. The number of aliphatic hydroxyl groups excluding tert-OH is 1. The van der Waals surface area contributed by atoms with Crippen LogP contribution in [0.25, 0.3) is 0 Å². The molecule has 4 nitrogen and oxygen atoms in total. The number of aliphatic hydroxyl groups is 1. The molecule has 0 radical (unpaired) electrons. The van der Waals surface area contributed by atoms with Gasteiger partial charge in [0.2, 0.25) is 10.1 Å². The predicted molar refractivity (Wildman–Crippen MR) is 56.9 cm³/mol. The number of alkyl halides is 3. The quantitative estimate of drug-likeness (QED) is 0.887. The highest BCUT2D eigenvalue weighted by Gasteiger charge is 2.36. The molecule has 0 spiro atoms. The summed E-state index contributed by atoms with van der Waals surface area (Å²) in [4.78, 5) is 1.76. The first-order valence-electron chi connectivity index (χ1n) is 5.27. The third kappa shape index (κ3) is 2.86. The lowest BCUT2D eigenvalue weighted by Gasteiger charge is -2.31. The molecule has 1 fully saturated rings. The van der Waals surface area contributed by atoms with Crippen LogP contribution in [0.5, 0.6) is 0 Å². The van der Waals surface area contributed by atoms with Gasteiger partial charge in [0.15, 0.2) is 0 Å². The van der Waals surface area contributed by atoms with E-state index in [0.29, 0.717) is 24.4 Å². The number of aromatic nitrogens is 2. The molecular weight excluding hydrogens is 255 g/mol. The smallest absolute Gasteiger partial charge is 0.396 e. The predicted octanol–water partition coefficient (Wildman–Crippen LogP) is 1.77. The van der Waals surface area contributed by atoms with Gasteiger partial charge < -0.3 is 10.0 Å². The molecule has 17 heavy (non-hydrogen) atoms. The van der Waals surface area contributed by atoms with Gasteiger partial charge in [-0.3, -0.25) is 0 Å². The molecule has 0 amide bonds. The van der Waals surface area contributed by atoms with Crippen molar-refractivity contribution < 1.29 is 18.3 Å². The lowest BCUT2D eigenvalue weighted by molar-refractivity contribution is -0.138. The molecular formula is C9H12F3N3OS. The van der Waals surface area contributed by atoms with Crippen LogP contribution in [0.3, 0.4) is 0 Å². The molecule has 2 rings (SSSR count). The second-order valence-electron chi connectivity index (χ2n) is 4.02. The number of hydrogen-bond donors (Lipinski definition) is 1. The van der Waals surface area contributed by atoms with Crippen LogP contribution >= 0.6 is 11.3 Å². The first-order chi connectivity index (χ1) is 8.00. The van der Waals surface area contributed by atoms with E-state index < -0.39 is 11.2 Å². The molecule has 1 atom stereocenters. The molecule has 1 aromatic heterocycles. The Bertz CT molecular complexity index is 382. The fraction of sp³-hybridized carbons (Fsp3) is 0.778. The van der Waals surface area contributed by atoms with Crippen LogP contribution in [0.2, 0.25) is 0 Å². The van der Waals surface area contributed by atoms with Gasteiger partial charge in [0.1, 0.15) is 0 Å². The average molecular weight is 267 g/mol. The summed E-state index contributed by atoms with van der Waals surface area (Å²) >= 11 is 0.556. The average Bonchev–Trinajstić information content (AvgIpc) is 2.78. The van der Waals surface area contributed by atoms with Crippen LogP contribution in [0.4, 0.5) is 18.3 Å². The van der Waals surface area contributed by atoms with Gasteiger partial charge in [-0.1, -0.05) is 11.3 Å². The van der Waals surface area contributed by atoms with Crippen molar-refractivity contribution in [2.75, 3.05) is 24.6 Å². The topological polar surface area (TPSA) is 49.2 Å². The van der Waals surface area contributed by atoms with Gasteiger partial charge in [0.05, 0.1) is 0 Å². The van der Waals surface area contributed by atoms with E-state index in [1.165, 1.54) is 0 Å². The molecule has 0 aliphatic carbocycles. The Morgan fingerprint density at radius 1 is 1.41 bits per heavy atom. The normalized spacial score (nSPS) is 21.9. The summed E-state index contributed by atoms with van der Waals surface area (Å²) in [5.41, 5.74) is 0. The van der Waals surface area contributed by atoms with E-state index in [1.54, 1.807) is 4.90 Å². The zero-order valence-electron chi connectivity index (χ0n) is 8.94. The molecule has 8 heteroatoms. The Labute approximate surface area is 100 Å². The fourth-order valence-corrected chi connectivity index (χ4v) is 2.59. The third-order valence-corrected chi connectivity index (χ3v) is 3.73. The largest absolute Gasteiger partial charge is 0.445 e. The van der Waals surface area contributed by atoms with E-state index in [-0.39, 0.29) is 17.7 Å². The van der Waals surface area contributed by atoms with Crippen LogP contribution in [0.1, 0.15) is 17.8 Å². The summed E-state index contributed by atoms with van der Waals surface area (Å²) in [6.45, 7) is 1.27. The van der Waals surface area contributed by atoms with Crippen molar-refractivity contribution in [2.24, 2.45) is 5.92 Å². The van der Waals surface area contributed by atoms with E-state index in [2.05, 4.69) is 10.2 Å². The number of halogens is 3. The van der Waals surface area contributed by atoms with Crippen LogP contribution in [-0.4, -0.2) is 35.0 Å². The molecule has 1 aromatic rings. The van der Waals surface area contributed by atoms with Gasteiger partial charge in [0.25, 0.3) is 0 Å². The van der Waals surface area contributed by atoms with Crippen molar-refractivity contribution in [3.63, 3.8) is 0 Å². The Balaban J connectivity index is 2.09. The van der Waals surface area contributed by atoms with Gasteiger partial charge in [-0.25, -0.2) is 0 Å². The summed E-state index contributed by atoms with van der Waals surface area (Å²) in [5.74, 6) is 0.113. The Kier molecular flexibility index (Phi) is 3.53. The highest BCUT2D eigenvalue weighted by Crippen LogP contribution is 2.35. The van der Waals surface area contributed by atoms with Crippen LogP contribution < -0.4 is 4.90 Å². The number of hydrogen-bond acceptors (Lipinski definition) is 5. The molecule has 1 aliphatic rings. The zero-order valence-corrected chi connectivity index (χ0v) is 9.76. The maximum Gasteiger partial charge on any atom is 0.445 e. The van der Waals surface area contributed by atoms with Crippen LogP contribution in [0.15, 0.2) is 0 Å². The van der Waals surface area contributed by atoms with E-state index in [9.17, 15) is 13.2 Å². The Morgan fingerprint density at radius 2 is 2.18 bits per heavy atom. The molecule has 96 valence electrons. The standard InChI is InChI=1S/C9H12F3N3OS/c10-9(11,12)7-13-14-8(17-7)15-3-1-2-6(4-15)5-16/h6,16H,1-5H2. The minimum atomic E-state index is -4.43. The molecule has 0 saturated carbocycles. The molecule has 1 saturated heterocycles. The Hall–Kier alpha value is -0.890. The maximum absolute atomic E-state index is 12.4. The van der Waals surface area contributed by atoms with Crippen molar-refractivity contribution in [3.8, 4) is 0 Å². The van der Waals surface area contributed by atoms with Gasteiger partial charge >= 0.3 is 6.18 Å². The Morgan fingerprint density at radius 3 is 2.76 bits per heavy atom. The van der Waals surface area contributed by atoms with Gasteiger partial charge in [-0.2, -0.15) is 13.2 Å². The van der Waals surface area contributed by atoms with Crippen LogP contribution in [-0.2, 0) is 6.18 Å². The van der Waals surface area contributed by atoms with Crippen molar-refractivity contribution >= 4 is 16.5 Å². The summed E-state index contributed by atoms with van der Waals surface area (Å²) in [6.07, 6.45) is -2.67. The number of rotatable bonds is 2. The molecule has 1 unspecified atom stereocenters. The van der Waals surface area contributed by atoms with E-state index in [1.807, 2.05) is 0 Å². The highest BCUT2D eigenvalue weighted by atomic mass is 32.1. The van der Waals surface area contributed by atoms with Gasteiger partial charge in [0, 0.05) is 19.7 Å². The summed E-state index contributed by atoms with van der Waals surface area (Å²) < 4.78 is 37.1. The van der Waals surface area contributed by atoms with Crippen molar-refractivity contribution in [1.82, 2.24) is 10.2 Å². The van der Waals surface area contributed by atoms with E-state index in [0.717, 1.165) is 12.8 Å². The first-order valence-corrected chi connectivity index (χ1v) is 6.09. The van der Waals surface area contributed by atoms with Gasteiger partial charge in [-0.15, -0.1) is 10.2 Å². The molecule has 1 N–H and O–H groups in total. The van der Waals surface area contributed by atoms with E-state index in [4.69, 9.17) is 5.11 Å². The minimum Gasteiger partial charge on any atom is -0.396 e. The number of anilines is 1. The van der Waals surface area contributed by atoms with Crippen molar-refractivity contribution in [1.29, 1.82) is 0 Å². The SMILES string of the molecule is OCC1CCCN(c2nnc(C(F)(F)F)s2)C1. The van der Waals surface area contributed by atoms with E-state index >= 15 is 0 Å². The second kappa shape index (κ2) is 4.77. The fourth-order valence-electron chi connectivity index (χ4n) is 1.85. The lowest BCUT2D eigenvalue weighted by atomic mass is 10.00. The summed E-state index contributed by atoms with van der Waals surface area (Å²) in [5, 5.41) is 15.1. The second-order valence-corrected chi connectivity index (χ2v) is 4.98. The van der Waals surface area contributed by atoms with Crippen molar-refractivity contribution in [3.05, 3.63) is 5.01 Å². The molecule has 2 heterocycles. The highest BCUT2D eigenvalue weighted by molar-refractivity contribution is 7.15. The third-order valence-electron chi connectivity index (χ3n) is 2.70. The van der Waals surface area contributed by atoms with Crippen molar-refractivity contribution in [2.45, 2.75) is 19.0 Å². The minimum absolute atomic E-state index is 0.0570. The molecule has 0 aromatic carbocycles. The summed E-state index contributed by atoms with van der Waals surface area (Å²) in [7, 11) is 0. The lowest BCUT2D eigenvalue weighted by Crippen LogP contribution is -2.36. The number of piperidine rings is 1. The van der Waals surface area contributed by atoms with Gasteiger partial charge in [-0.05, 0) is 18.8 Å². The van der Waals surface area contributed by atoms with Crippen LogP contribution in [0, 0.1) is 5.92 Å². The molecule has 1 aliphatic heterocycles. The monoisotopic (exact) mass is 267 g/mol.